The Morgan fingerprint density at radius 2 is 1.00 bits per heavy atom. The number of hydrogen-bond donors (Lipinski definition) is 0. The molecule has 0 aliphatic rings. The van der Waals surface area contributed by atoms with Gasteiger partial charge >= 0.3 is 0 Å². The molecule has 9 aromatic carbocycles. The molecular formula is C49H32O. The van der Waals surface area contributed by atoms with Gasteiger partial charge in [-0.15, -0.1) is 0 Å². The van der Waals surface area contributed by atoms with E-state index in [-0.39, 0.29) is 33.0 Å². The molecule has 0 atom stereocenters. The molecule has 10 rings (SSSR count). The number of benzene rings is 9. The Kier molecular flexibility index (Phi) is 3.79. The molecular weight excluding hydrogens is 605 g/mol. The van der Waals surface area contributed by atoms with Crippen LogP contribution < -0.4 is 0 Å². The monoisotopic (exact) mass is 653 g/mol. The van der Waals surface area contributed by atoms with Gasteiger partial charge in [0.05, 0.1) is 23.3 Å². The first-order valence-corrected chi connectivity index (χ1v) is 15.9. The Labute approximate surface area is 314 Å². The van der Waals surface area contributed by atoms with Crippen LogP contribution in [0.1, 0.15) is 34.4 Å². The van der Waals surface area contributed by atoms with Crippen molar-refractivity contribution < 1.29 is 27.7 Å². The van der Waals surface area contributed by atoms with Crippen LogP contribution in [-0.4, -0.2) is 0 Å². The molecule has 1 heterocycles. The molecule has 0 amide bonds. The molecule has 50 heavy (non-hydrogen) atoms. The van der Waals surface area contributed by atoms with E-state index in [1.165, 1.54) is 0 Å². The topological polar surface area (TPSA) is 13.1 Å². The molecule has 0 unspecified atom stereocenters. The summed E-state index contributed by atoms with van der Waals surface area (Å²) in [6, 6.07) is 13.2. The lowest BCUT2D eigenvalue weighted by Gasteiger charge is -2.18. The van der Waals surface area contributed by atoms with Gasteiger partial charge in [-0.25, -0.2) is 0 Å². The molecule has 10 aromatic rings. The molecule has 0 radical (unpaired) electrons. The third kappa shape index (κ3) is 4.70. The fourth-order valence-corrected chi connectivity index (χ4v) is 6.83. The number of furan rings is 1. The van der Waals surface area contributed by atoms with E-state index in [0.29, 0.717) is 11.2 Å². The Bertz CT molecular complexity index is 3730. The van der Waals surface area contributed by atoms with Gasteiger partial charge in [0.15, 0.2) is 0 Å². The molecule has 0 fully saturated rings. The predicted octanol–water partition coefficient (Wildman–Crippen LogP) is 13.6. The lowest BCUT2D eigenvalue weighted by atomic mass is 9.86. The van der Waals surface area contributed by atoms with E-state index >= 15 is 0 Å². The minimum atomic E-state index is -0.775. The van der Waals surface area contributed by atoms with Crippen molar-refractivity contribution in [2.75, 3.05) is 0 Å². The van der Waals surface area contributed by atoms with Crippen LogP contribution in [-0.2, 0) is 6.42 Å². The summed E-state index contributed by atoms with van der Waals surface area (Å²) in [5.74, 6) is 0. The summed E-state index contributed by atoms with van der Waals surface area (Å²) in [4.78, 5) is 0. The van der Waals surface area contributed by atoms with E-state index in [9.17, 15) is 11.0 Å². The fourth-order valence-electron chi connectivity index (χ4n) is 6.83. The van der Waals surface area contributed by atoms with Gasteiger partial charge < -0.3 is 4.42 Å². The summed E-state index contributed by atoms with van der Waals surface area (Å²) >= 11 is 0. The maximum atomic E-state index is 9.51. The van der Waals surface area contributed by atoms with Gasteiger partial charge in [-0.1, -0.05) is 157 Å². The minimum absolute atomic E-state index is 0.132. The van der Waals surface area contributed by atoms with Gasteiger partial charge in [-0.05, 0) is 108 Å². The molecule has 234 valence electrons. The number of hydrogen-bond acceptors (Lipinski definition) is 1. The highest BCUT2D eigenvalue weighted by molar-refractivity contribution is 6.15. The van der Waals surface area contributed by atoms with Crippen LogP contribution >= 0.6 is 0 Å². The molecule has 0 N–H and O–H groups in total. The summed E-state index contributed by atoms with van der Waals surface area (Å²) in [5.41, 5.74) is 1.58. The van der Waals surface area contributed by atoms with Gasteiger partial charge in [-0.3, -0.25) is 0 Å². The van der Waals surface area contributed by atoms with Crippen molar-refractivity contribution in [3.8, 4) is 33.4 Å². The fraction of sp³-hybridized carbons (Fsp3) is 0.0204. The minimum Gasteiger partial charge on any atom is -0.456 e. The van der Waals surface area contributed by atoms with Gasteiger partial charge in [-0.2, -0.15) is 0 Å². The number of fused-ring (bicyclic) bond motifs is 6. The van der Waals surface area contributed by atoms with Crippen LogP contribution in [0.2, 0.25) is 0 Å². The molecule has 0 aliphatic carbocycles. The van der Waals surface area contributed by atoms with E-state index in [2.05, 4.69) is 6.07 Å². The van der Waals surface area contributed by atoms with E-state index in [1.807, 2.05) is 54.6 Å². The third-order valence-electron chi connectivity index (χ3n) is 9.12. The van der Waals surface area contributed by atoms with Crippen LogP contribution in [0.5, 0.6) is 0 Å². The third-order valence-corrected chi connectivity index (χ3v) is 9.12. The Morgan fingerprint density at radius 3 is 1.72 bits per heavy atom. The SMILES string of the molecule is [2H]c1c([2H])c([2H])c(Cc2c3c([2H])c([2H])c([2H])c([2H])c3c(-c3c([2H])c([2H])c(-c4ccc5c(c4)oc4cc(-c6cccc7ccccc67)ccc45)c([2H])c3[2H])c3c([2H])c([2H])c([2H])c([2H])c23)c([2H])c1[2H]. The van der Waals surface area contributed by atoms with E-state index in [0.717, 1.165) is 32.7 Å². The summed E-state index contributed by atoms with van der Waals surface area (Å²) in [5, 5.41) is 2.16. The second-order valence-electron chi connectivity index (χ2n) is 11.9. The molecule has 1 heteroatoms. The smallest absolute Gasteiger partial charge is 0.136 e. The summed E-state index contributed by atoms with van der Waals surface area (Å²) in [7, 11) is 0. The van der Waals surface area contributed by atoms with Gasteiger partial charge in [0.1, 0.15) is 11.2 Å². The molecule has 1 nitrogen and oxygen atoms in total. The normalized spacial score (nSPS) is 16.4. The second-order valence-corrected chi connectivity index (χ2v) is 11.9. The predicted molar refractivity (Wildman–Crippen MR) is 212 cm³/mol. The molecule has 0 saturated heterocycles. The van der Waals surface area contributed by atoms with Crippen LogP contribution in [0.25, 0.3) is 87.6 Å². The van der Waals surface area contributed by atoms with E-state index in [1.54, 1.807) is 18.2 Å². The highest BCUT2D eigenvalue weighted by Gasteiger charge is 2.16. The van der Waals surface area contributed by atoms with Gasteiger partial charge in [0, 0.05) is 10.8 Å². The molecule has 0 saturated carbocycles. The number of rotatable bonds is 5. The molecule has 0 spiro atoms. The van der Waals surface area contributed by atoms with Crippen molar-refractivity contribution in [2.24, 2.45) is 0 Å². The van der Waals surface area contributed by atoms with Crippen molar-refractivity contribution in [3.05, 3.63) is 193 Å². The van der Waals surface area contributed by atoms with Crippen molar-refractivity contribution in [3.63, 3.8) is 0 Å². The van der Waals surface area contributed by atoms with E-state index in [4.69, 9.17) is 16.8 Å². The summed E-state index contributed by atoms with van der Waals surface area (Å²) in [6.45, 7) is 0. The first kappa shape index (κ1) is 16.3. The second kappa shape index (κ2) is 11.6. The van der Waals surface area contributed by atoms with Crippen molar-refractivity contribution in [1.29, 1.82) is 0 Å². The Balaban J connectivity index is 1.24. The Hall–Kier alpha value is -6.44. The highest BCUT2D eigenvalue weighted by Crippen LogP contribution is 2.41. The first-order chi connectivity index (χ1) is 31.8. The average molecular weight is 654 g/mol. The standard InChI is InChI=1S/C49H32O/c1-2-11-32(12-3-1)29-46-40-16-6-8-18-44(40)49(45-19-9-7-17-41(45)46)35-23-21-33(22-24-35)36-25-27-42-43-28-26-37(31-48(43)50-47(42)30-36)39-20-10-14-34-13-4-5-15-38(34)39/h1-28,30-31H,29H2/i1D,2D,3D,6D,7D,8D,9D,11D,12D,16D,17D,18D,19D,21D,22D,23D,24D. The van der Waals surface area contributed by atoms with Crippen LogP contribution in [0.4, 0.5) is 0 Å². The van der Waals surface area contributed by atoms with Crippen LogP contribution in [0, 0.1) is 0 Å². The lowest BCUT2D eigenvalue weighted by Crippen LogP contribution is -1.95. The van der Waals surface area contributed by atoms with Crippen molar-refractivity contribution in [2.45, 2.75) is 6.42 Å². The van der Waals surface area contributed by atoms with E-state index < -0.39 is 131 Å². The maximum absolute atomic E-state index is 9.51. The Morgan fingerprint density at radius 1 is 0.420 bits per heavy atom. The quantitative estimate of drug-likeness (QED) is 0.169. The summed E-state index contributed by atoms with van der Waals surface area (Å²) < 4.78 is 158. The zero-order chi connectivity index (χ0) is 47.8. The zero-order valence-electron chi connectivity index (χ0n) is 43.1. The average Bonchev–Trinajstić information content (AvgIpc) is 3.70. The molecule has 1 aromatic heterocycles. The van der Waals surface area contributed by atoms with Crippen molar-refractivity contribution in [1.82, 2.24) is 0 Å². The van der Waals surface area contributed by atoms with Crippen molar-refractivity contribution >= 4 is 54.3 Å². The largest absolute Gasteiger partial charge is 0.456 e. The zero-order valence-corrected chi connectivity index (χ0v) is 26.1. The van der Waals surface area contributed by atoms with Gasteiger partial charge in [0.2, 0.25) is 0 Å². The van der Waals surface area contributed by atoms with Crippen LogP contribution in [0.3, 0.4) is 0 Å². The highest BCUT2D eigenvalue weighted by atomic mass is 16.3. The maximum Gasteiger partial charge on any atom is 0.136 e. The lowest BCUT2D eigenvalue weighted by molar-refractivity contribution is 0.669. The molecule has 0 bridgehead atoms. The molecule has 0 aliphatic heterocycles. The van der Waals surface area contributed by atoms with Crippen LogP contribution in [0.15, 0.2) is 186 Å². The summed E-state index contributed by atoms with van der Waals surface area (Å²) in [6.07, 6.45) is -0.657. The van der Waals surface area contributed by atoms with Gasteiger partial charge in [0.25, 0.3) is 0 Å². The first-order valence-electron chi connectivity index (χ1n) is 24.4.